The molecule has 0 saturated carbocycles. The van der Waals surface area contributed by atoms with Crippen LogP contribution in [0, 0.1) is 12.7 Å². The van der Waals surface area contributed by atoms with Crippen LogP contribution in [0.5, 0.6) is 0 Å². The molecule has 1 aromatic carbocycles. The van der Waals surface area contributed by atoms with E-state index in [0.29, 0.717) is 16.9 Å². The highest BCUT2D eigenvalue weighted by Gasteiger charge is 2.14. The van der Waals surface area contributed by atoms with Crippen molar-refractivity contribution in [2.75, 3.05) is 5.32 Å². The van der Waals surface area contributed by atoms with Crippen molar-refractivity contribution >= 4 is 28.8 Å². The van der Waals surface area contributed by atoms with E-state index in [0.717, 1.165) is 0 Å². The molecule has 2 aromatic rings. The Kier molecular flexibility index (Phi) is 3.62. The maximum atomic E-state index is 13.8. The first-order valence-electron chi connectivity index (χ1n) is 5.44. The lowest BCUT2D eigenvalue weighted by Crippen LogP contribution is -2.14. The average Bonchev–Trinajstić information content (AvgIpc) is 2.77. The van der Waals surface area contributed by atoms with Gasteiger partial charge in [-0.1, -0.05) is 12.2 Å². The predicted octanol–water partition coefficient (Wildman–Crippen LogP) is 2.61. The Morgan fingerprint density at radius 2 is 2.16 bits per heavy atom. The highest BCUT2D eigenvalue weighted by Crippen LogP contribution is 2.18. The maximum absolute atomic E-state index is 13.8. The fourth-order valence-corrected chi connectivity index (χ4v) is 1.71. The number of nitrogens with one attached hydrogen (secondary N) is 1. The van der Waals surface area contributed by atoms with E-state index in [1.54, 1.807) is 13.0 Å². The van der Waals surface area contributed by atoms with Crippen LogP contribution in [-0.4, -0.2) is 10.9 Å². The molecule has 98 valence electrons. The number of thiocarbonyl (C=S) groups is 1. The van der Waals surface area contributed by atoms with Crippen molar-refractivity contribution in [3.8, 4) is 0 Å². The van der Waals surface area contributed by atoms with Crippen molar-refractivity contribution in [3.05, 3.63) is 53.2 Å². The number of hydrogen-bond acceptors (Lipinski definition) is 3. The molecule has 0 fully saturated rings. The van der Waals surface area contributed by atoms with Gasteiger partial charge < -0.3 is 15.5 Å². The molecule has 2 rings (SSSR count). The topological polar surface area (TPSA) is 68.3 Å². The van der Waals surface area contributed by atoms with Crippen molar-refractivity contribution in [2.45, 2.75) is 6.92 Å². The second kappa shape index (κ2) is 5.19. The van der Waals surface area contributed by atoms with Crippen LogP contribution in [0.15, 0.2) is 34.9 Å². The van der Waals surface area contributed by atoms with E-state index in [1.165, 1.54) is 24.5 Å². The fraction of sp³-hybridized carbons (Fsp3) is 0.0769. The minimum absolute atomic E-state index is 0.0607. The zero-order chi connectivity index (χ0) is 14.0. The normalized spacial score (nSPS) is 10.2. The van der Waals surface area contributed by atoms with Gasteiger partial charge in [0.1, 0.15) is 16.6 Å². The summed E-state index contributed by atoms with van der Waals surface area (Å²) in [5, 5.41) is 2.46. The number of carbonyl (C=O) groups excluding carboxylic acids is 1. The van der Waals surface area contributed by atoms with Gasteiger partial charge in [0.05, 0.1) is 17.5 Å². The molecule has 0 spiro atoms. The molecule has 3 N–H and O–H groups in total. The number of carbonyl (C=O) groups is 1. The molecule has 0 saturated heterocycles. The van der Waals surface area contributed by atoms with Gasteiger partial charge in [-0.2, -0.15) is 0 Å². The van der Waals surface area contributed by atoms with Gasteiger partial charge in [-0.25, -0.2) is 4.39 Å². The van der Waals surface area contributed by atoms with Crippen molar-refractivity contribution in [1.29, 1.82) is 0 Å². The van der Waals surface area contributed by atoms with Crippen LogP contribution in [0.2, 0.25) is 0 Å². The van der Waals surface area contributed by atoms with Crippen LogP contribution < -0.4 is 11.1 Å². The molecular formula is C13H11FN2O2S. The Labute approximate surface area is 114 Å². The molecule has 1 amide bonds. The van der Waals surface area contributed by atoms with E-state index >= 15 is 0 Å². The molecule has 0 radical (unpaired) electrons. The molecule has 0 atom stereocenters. The average molecular weight is 278 g/mol. The summed E-state index contributed by atoms with van der Waals surface area (Å²) in [6, 6.07) is 5.66. The van der Waals surface area contributed by atoms with Gasteiger partial charge in [-0.15, -0.1) is 0 Å². The zero-order valence-electron chi connectivity index (χ0n) is 10.1. The third-order valence-corrected chi connectivity index (χ3v) is 2.84. The number of nitrogens with two attached hydrogens (primary N) is 1. The minimum Gasteiger partial charge on any atom is -0.469 e. The largest absolute Gasteiger partial charge is 0.469 e. The number of halogens is 1. The predicted molar refractivity (Wildman–Crippen MR) is 73.7 cm³/mol. The molecule has 19 heavy (non-hydrogen) atoms. The van der Waals surface area contributed by atoms with E-state index in [9.17, 15) is 9.18 Å². The first-order valence-corrected chi connectivity index (χ1v) is 5.84. The first kappa shape index (κ1) is 13.2. The second-order valence-corrected chi connectivity index (χ2v) is 4.34. The van der Waals surface area contributed by atoms with Gasteiger partial charge in [0.25, 0.3) is 5.91 Å². The number of benzene rings is 1. The van der Waals surface area contributed by atoms with E-state index in [1.807, 2.05) is 0 Å². The quantitative estimate of drug-likeness (QED) is 0.847. The van der Waals surface area contributed by atoms with Crippen LogP contribution in [0.3, 0.4) is 0 Å². The van der Waals surface area contributed by atoms with Crippen molar-refractivity contribution in [3.63, 3.8) is 0 Å². The van der Waals surface area contributed by atoms with Gasteiger partial charge in [-0.3, -0.25) is 4.79 Å². The van der Waals surface area contributed by atoms with E-state index in [2.05, 4.69) is 5.32 Å². The van der Waals surface area contributed by atoms with Gasteiger partial charge in [-0.05, 0) is 31.2 Å². The molecule has 0 aliphatic heterocycles. The number of anilines is 1. The number of hydrogen-bond donors (Lipinski definition) is 2. The van der Waals surface area contributed by atoms with Gasteiger partial charge >= 0.3 is 0 Å². The SMILES string of the molecule is Cc1occc1C(=O)Nc1ccc(C(N)=S)cc1F. The Hall–Kier alpha value is -2.21. The molecule has 0 aliphatic carbocycles. The Bertz CT molecular complexity index is 652. The van der Waals surface area contributed by atoms with Crippen molar-refractivity contribution in [2.24, 2.45) is 5.73 Å². The second-order valence-electron chi connectivity index (χ2n) is 3.90. The lowest BCUT2D eigenvalue weighted by Gasteiger charge is -2.07. The summed E-state index contributed by atoms with van der Waals surface area (Å²) < 4.78 is 18.8. The van der Waals surface area contributed by atoms with E-state index in [4.69, 9.17) is 22.4 Å². The van der Waals surface area contributed by atoms with Gasteiger partial charge in [0, 0.05) is 5.56 Å². The molecule has 6 heteroatoms. The highest BCUT2D eigenvalue weighted by atomic mass is 32.1. The summed E-state index contributed by atoms with van der Waals surface area (Å²) in [7, 11) is 0. The first-order chi connectivity index (χ1) is 8.99. The summed E-state index contributed by atoms with van der Waals surface area (Å²) in [5.41, 5.74) is 6.22. The lowest BCUT2D eigenvalue weighted by atomic mass is 10.2. The number of amides is 1. The third kappa shape index (κ3) is 2.79. The lowest BCUT2D eigenvalue weighted by molar-refractivity contribution is 0.102. The fourth-order valence-electron chi connectivity index (χ4n) is 1.58. The summed E-state index contributed by atoms with van der Waals surface area (Å²) in [6.07, 6.45) is 1.40. The van der Waals surface area contributed by atoms with E-state index < -0.39 is 11.7 Å². The number of furan rings is 1. The monoisotopic (exact) mass is 278 g/mol. The third-order valence-electron chi connectivity index (χ3n) is 2.61. The smallest absolute Gasteiger partial charge is 0.259 e. The van der Waals surface area contributed by atoms with Gasteiger partial charge in [0.15, 0.2) is 0 Å². The van der Waals surface area contributed by atoms with Crippen LogP contribution in [-0.2, 0) is 0 Å². The van der Waals surface area contributed by atoms with Crippen LogP contribution in [0.4, 0.5) is 10.1 Å². The molecule has 4 nitrogen and oxygen atoms in total. The van der Waals surface area contributed by atoms with Crippen molar-refractivity contribution in [1.82, 2.24) is 0 Å². The number of aryl methyl sites for hydroxylation is 1. The number of rotatable bonds is 3. The Morgan fingerprint density at radius 3 is 2.68 bits per heavy atom. The summed E-state index contributed by atoms with van der Waals surface area (Å²) in [6.45, 7) is 1.65. The molecule has 0 aliphatic rings. The van der Waals surface area contributed by atoms with Gasteiger partial charge in [0.2, 0.25) is 0 Å². The van der Waals surface area contributed by atoms with Crippen molar-refractivity contribution < 1.29 is 13.6 Å². The van der Waals surface area contributed by atoms with Crippen LogP contribution >= 0.6 is 12.2 Å². The molecular weight excluding hydrogens is 267 g/mol. The molecule has 0 unspecified atom stereocenters. The summed E-state index contributed by atoms with van der Waals surface area (Å²) >= 11 is 4.75. The summed E-state index contributed by atoms with van der Waals surface area (Å²) in [5.74, 6) is -0.564. The van der Waals surface area contributed by atoms with E-state index in [-0.39, 0.29) is 10.7 Å². The molecule has 1 aromatic heterocycles. The molecule has 0 bridgehead atoms. The highest BCUT2D eigenvalue weighted by molar-refractivity contribution is 7.80. The molecule has 1 heterocycles. The Balaban J connectivity index is 2.23. The van der Waals surface area contributed by atoms with Crippen LogP contribution in [0.25, 0.3) is 0 Å². The minimum atomic E-state index is -0.597. The Morgan fingerprint density at radius 1 is 1.42 bits per heavy atom. The standard InChI is InChI=1S/C13H11FN2O2S/c1-7-9(4-5-18-7)13(17)16-11-3-2-8(12(15)19)6-10(11)14/h2-6H,1H3,(H2,15,19)(H,16,17). The summed E-state index contributed by atoms with van der Waals surface area (Å²) in [4.78, 5) is 12.0. The van der Waals surface area contributed by atoms with Crippen LogP contribution in [0.1, 0.15) is 21.7 Å². The maximum Gasteiger partial charge on any atom is 0.259 e. The zero-order valence-corrected chi connectivity index (χ0v) is 10.9.